The molecule has 1 heterocycles. The summed E-state index contributed by atoms with van der Waals surface area (Å²) >= 11 is 0. The van der Waals surface area contributed by atoms with Crippen LogP contribution in [0.1, 0.15) is 6.92 Å². The van der Waals surface area contributed by atoms with Crippen molar-refractivity contribution in [3.8, 4) is 0 Å². The van der Waals surface area contributed by atoms with E-state index in [0.29, 0.717) is 6.54 Å². The molecule has 0 saturated heterocycles. The first kappa shape index (κ1) is 14.3. The molecule has 0 aliphatic rings. The van der Waals surface area contributed by atoms with Gasteiger partial charge in [0.05, 0.1) is 5.69 Å². The molecule has 0 unspecified atom stereocenters. The van der Waals surface area contributed by atoms with Gasteiger partial charge in [-0.1, -0.05) is 12.1 Å². The predicted octanol–water partition coefficient (Wildman–Crippen LogP) is 1.45. The number of nitrogen functional groups attached to an aromatic ring is 1. The molecule has 0 aliphatic heterocycles. The number of benzene rings is 1. The highest BCUT2D eigenvalue weighted by atomic mass is 32.2. The monoisotopic (exact) mass is 298 g/mol. The molecule has 0 fully saturated rings. The zero-order valence-electron chi connectivity index (χ0n) is 11.1. The molecule has 0 saturated carbocycles. The van der Waals surface area contributed by atoms with Crippen LogP contribution in [-0.4, -0.2) is 25.2 Å². The van der Waals surface area contributed by atoms with Crippen LogP contribution in [0.15, 0.2) is 35.4 Å². The normalized spacial score (nSPS) is 11.6. The Morgan fingerprint density at radius 2 is 2.05 bits per heavy atom. The van der Waals surface area contributed by atoms with Crippen molar-refractivity contribution in [3.05, 3.63) is 36.3 Å². The molecule has 0 radical (unpaired) electrons. The van der Waals surface area contributed by atoms with E-state index in [-0.39, 0.29) is 16.4 Å². The van der Waals surface area contributed by atoms with Gasteiger partial charge in [0.15, 0.2) is 5.82 Å². The lowest BCUT2D eigenvalue weighted by Crippen LogP contribution is -2.27. The fourth-order valence-electron chi connectivity index (χ4n) is 1.76. The SMILES string of the molecule is CCn1cc(S(=O)(=O)N(C)c2ccccc2F)c(N)n1. The molecule has 0 aliphatic carbocycles. The molecule has 0 atom stereocenters. The van der Waals surface area contributed by atoms with E-state index in [0.717, 1.165) is 4.31 Å². The summed E-state index contributed by atoms with van der Waals surface area (Å²) in [6, 6.07) is 5.62. The topological polar surface area (TPSA) is 81.2 Å². The van der Waals surface area contributed by atoms with E-state index in [1.165, 1.54) is 36.1 Å². The number of hydrogen-bond donors (Lipinski definition) is 1. The Hall–Kier alpha value is -2.09. The first-order valence-electron chi connectivity index (χ1n) is 5.94. The quantitative estimate of drug-likeness (QED) is 0.926. The minimum absolute atomic E-state index is 0.0452. The van der Waals surface area contributed by atoms with Gasteiger partial charge in [0, 0.05) is 19.8 Å². The average molecular weight is 298 g/mol. The first-order valence-corrected chi connectivity index (χ1v) is 7.38. The van der Waals surface area contributed by atoms with Crippen LogP contribution in [0.4, 0.5) is 15.9 Å². The molecule has 0 spiro atoms. The molecule has 6 nitrogen and oxygen atoms in total. The van der Waals surface area contributed by atoms with Crippen LogP contribution in [0.5, 0.6) is 0 Å². The number of para-hydroxylation sites is 1. The Morgan fingerprint density at radius 1 is 1.40 bits per heavy atom. The second-order valence-corrected chi connectivity index (χ2v) is 6.10. The van der Waals surface area contributed by atoms with Gasteiger partial charge >= 0.3 is 0 Å². The minimum Gasteiger partial charge on any atom is -0.381 e. The number of sulfonamides is 1. The summed E-state index contributed by atoms with van der Waals surface area (Å²) in [5.74, 6) is -0.727. The number of nitrogens with two attached hydrogens (primary N) is 1. The third kappa shape index (κ3) is 2.34. The van der Waals surface area contributed by atoms with Gasteiger partial charge in [-0.05, 0) is 19.1 Å². The molecule has 8 heteroatoms. The van der Waals surface area contributed by atoms with Crippen molar-refractivity contribution < 1.29 is 12.8 Å². The van der Waals surface area contributed by atoms with Crippen molar-refractivity contribution in [1.82, 2.24) is 9.78 Å². The number of halogens is 1. The molecule has 2 N–H and O–H groups in total. The third-order valence-electron chi connectivity index (χ3n) is 2.91. The number of nitrogens with zero attached hydrogens (tertiary/aromatic N) is 3. The van der Waals surface area contributed by atoms with Gasteiger partial charge in [-0.2, -0.15) is 5.10 Å². The van der Waals surface area contributed by atoms with Crippen molar-refractivity contribution >= 4 is 21.5 Å². The van der Waals surface area contributed by atoms with Crippen molar-refractivity contribution in [2.45, 2.75) is 18.4 Å². The number of anilines is 2. The maximum absolute atomic E-state index is 13.7. The minimum atomic E-state index is -3.95. The fraction of sp³-hybridized carbons (Fsp3) is 0.250. The zero-order chi connectivity index (χ0) is 14.9. The average Bonchev–Trinajstić information content (AvgIpc) is 2.80. The zero-order valence-corrected chi connectivity index (χ0v) is 11.9. The summed E-state index contributed by atoms with van der Waals surface area (Å²) in [6.45, 7) is 2.30. The standard InChI is InChI=1S/C12H15FN4O2S/c1-3-17-8-11(12(14)15-17)20(18,19)16(2)10-7-5-4-6-9(10)13/h4-8H,3H2,1-2H3,(H2,14,15). The highest BCUT2D eigenvalue weighted by Gasteiger charge is 2.27. The summed E-state index contributed by atoms with van der Waals surface area (Å²) in [6.07, 6.45) is 1.34. The van der Waals surface area contributed by atoms with E-state index >= 15 is 0 Å². The second-order valence-electron chi connectivity index (χ2n) is 4.16. The van der Waals surface area contributed by atoms with Crippen LogP contribution in [0, 0.1) is 5.82 Å². The van der Waals surface area contributed by atoms with Gasteiger partial charge in [0.25, 0.3) is 10.0 Å². The number of rotatable bonds is 4. The highest BCUT2D eigenvalue weighted by molar-refractivity contribution is 7.93. The van der Waals surface area contributed by atoms with Crippen molar-refractivity contribution in [2.75, 3.05) is 17.1 Å². The number of hydrogen-bond acceptors (Lipinski definition) is 4. The molecule has 2 aromatic rings. The summed E-state index contributed by atoms with van der Waals surface area (Å²) in [4.78, 5) is -0.134. The van der Waals surface area contributed by atoms with Crippen molar-refractivity contribution in [2.24, 2.45) is 0 Å². The van der Waals surface area contributed by atoms with Crippen molar-refractivity contribution in [1.29, 1.82) is 0 Å². The Labute approximate surface area is 116 Å². The molecule has 1 aromatic carbocycles. The summed E-state index contributed by atoms with van der Waals surface area (Å²) in [5.41, 5.74) is 5.58. The lowest BCUT2D eigenvalue weighted by atomic mass is 10.3. The lowest BCUT2D eigenvalue weighted by molar-refractivity contribution is 0.589. The number of aryl methyl sites for hydroxylation is 1. The van der Waals surface area contributed by atoms with Crippen LogP contribution < -0.4 is 10.0 Å². The van der Waals surface area contributed by atoms with Crippen LogP contribution in [-0.2, 0) is 16.6 Å². The first-order chi connectivity index (χ1) is 9.37. The van der Waals surface area contributed by atoms with Crippen LogP contribution in [0.2, 0.25) is 0 Å². The molecular weight excluding hydrogens is 283 g/mol. The van der Waals surface area contributed by atoms with E-state index in [1.54, 1.807) is 6.07 Å². The second kappa shape index (κ2) is 5.12. The van der Waals surface area contributed by atoms with Gasteiger partial charge in [-0.3, -0.25) is 8.99 Å². The molecule has 0 bridgehead atoms. The van der Waals surface area contributed by atoms with Gasteiger partial charge in [-0.25, -0.2) is 12.8 Å². The fourth-order valence-corrected chi connectivity index (χ4v) is 3.02. The van der Waals surface area contributed by atoms with Crippen molar-refractivity contribution in [3.63, 3.8) is 0 Å². The Kier molecular flexibility index (Phi) is 3.67. The maximum Gasteiger partial charge on any atom is 0.269 e. The van der Waals surface area contributed by atoms with E-state index < -0.39 is 15.8 Å². The lowest BCUT2D eigenvalue weighted by Gasteiger charge is -2.19. The summed E-state index contributed by atoms with van der Waals surface area (Å²) < 4.78 is 40.9. The van der Waals surface area contributed by atoms with Gasteiger partial charge in [0.2, 0.25) is 0 Å². The molecule has 20 heavy (non-hydrogen) atoms. The molecule has 0 amide bonds. The van der Waals surface area contributed by atoms with E-state index in [4.69, 9.17) is 5.73 Å². The highest BCUT2D eigenvalue weighted by Crippen LogP contribution is 2.26. The summed E-state index contributed by atoms with van der Waals surface area (Å²) in [7, 11) is -2.68. The van der Waals surface area contributed by atoms with Crippen LogP contribution in [0.3, 0.4) is 0 Å². The van der Waals surface area contributed by atoms with Gasteiger partial charge in [-0.15, -0.1) is 0 Å². The van der Waals surface area contributed by atoms with Gasteiger partial charge in [0.1, 0.15) is 10.7 Å². The molecule has 108 valence electrons. The maximum atomic E-state index is 13.7. The predicted molar refractivity (Wildman–Crippen MR) is 74.3 cm³/mol. The third-order valence-corrected chi connectivity index (χ3v) is 4.70. The molecular formula is C12H15FN4O2S. The smallest absolute Gasteiger partial charge is 0.269 e. The van der Waals surface area contributed by atoms with E-state index in [2.05, 4.69) is 5.10 Å². The Balaban J connectivity index is 2.49. The molecule has 1 aromatic heterocycles. The van der Waals surface area contributed by atoms with E-state index in [9.17, 15) is 12.8 Å². The van der Waals surface area contributed by atoms with Crippen LogP contribution >= 0.6 is 0 Å². The number of aromatic nitrogens is 2. The van der Waals surface area contributed by atoms with Gasteiger partial charge < -0.3 is 5.73 Å². The largest absolute Gasteiger partial charge is 0.381 e. The Bertz CT molecular complexity index is 727. The Morgan fingerprint density at radius 3 is 2.60 bits per heavy atom. The van der Waals surface area contributed by atoms with E-state index in [1.807, 2.05) is 6.92 Å². The summed E-state index contributed by atoms with van der Waals surface area (Å²) in [5, 5.41) is 3.89. The molecule has 2 rings (SSSR count). The van der Waals surface area contributed by atoms with Crippen LogP contribution in [0.25, 0.3) is 0 Å².